The Hall–Kier alpha value is -0.370. The Balaban J connectivity index is 3.04. The van der Waals surface area contributed by atoms with Crippen LogP contribution >= 0.6 is 0 Å². The maximum Gasteiger partial charge on any atom is 0.0433 e. The topological polar surface area (TPSA) is 44.1 Å². The predicted molar refractivity (Wildman–Crippen MR) is 38.6 cm³/mol. The molecule has 0 heterocycles. The van der Waals surface area contributed by atoms with Crippen molar-refractivity contribution in [1.29, 1.82) is 5.41 Å². The summed E-state index contributed by atoms with van der Waals surface area (Å²) in [6, 6.07) is 0. The molecule has 1 radical (unpaired) electrons. The van der Waals surface area contributed by atoms with E-state index in [1.165, 1.54) is 6.21 Å². The first-order chi connectivity index (χ1) is 4.31. The summed E-state index contributed by atoms with van der Waals surface area (Å²) in [7, 11) is 0. The molecule has 0 aromatic carbocycles. The highest BCUT2D eigenvalue weighted by Crippen LogP contribution is 2.05. The van der Waals surface area contributed by atoms with Crippen molar-refractivity contribution >= 4 is 6.21 Å². The number of nitrogens with one attached hydrogen (secondary N) is 1. The third-order valence-electron chi connectivity index (χ3n) is 1.19. The number of hydrogen-bond acceptors (Lipinski definition) is 2. The molecule has 0 aliphatic rings. The van der Waals surface area contributed by atoms with Crippen LogP contribution in [0.25, 0.3) is 0 Å². The summed E-state index contributed by atoms with van der Waals surface area (Å²) >= 11 is 0. The van der Waals surface area contributed by atoms with Gasteiger partial charge in [0.15, 0.2) is 0 Å². The maximum absolute atomic E-state index is 8.40. The second-order valence-electron chi connectivity index (χ2n) is 2.17. The van der Waals surface area contributed by atoms with Crippen LogP contribution in [0.2, 0.25) is 0 Å². The minimum Gasteiger partial charge on any atom is -0.396 e. The fourth-order valence-corrected chi connectivity index (χ4v) is 0.641. The zero-order valence-electron chi connectivity index (χ0n) is 5.80. The minimum atomic E-state index is 0.225. The van der Waals surface area contributed by atoms with E-state index in [0.717, 1.165) is 12.8 Å². The lowest BCUT2D eigenvalue weighted by Crippen LogP contribution is -1.97. The van der Waals surface area contributed by atoms with Crippen molar-refractivity contribution in [3.05, 3.63) is 6.42 Å². The molecule has 0 bridgehead atoms. The smallest absolute Gasteiger partial charge is 0.0433 e. The third kappa shape index (κ3) is 5.50. The number of rotatable bonds is 5. The molecule has 0 saturated carbocycles. The molecular formula is C7H14NO. The first-order valence-electron chi connectivity index (χ1n) is 3.24. The van der Waals surface area contributed by atoms with E-state index in [2.05, 4.69) is 0 Å². The Kier molecular flexibility index (Phi) is 5.52. The van der Waals surface area contributed by atoms with E-state index in [1.54, 1.807) is 0 Å². The maximum atomic E-state index is 8.40. The summed E-state index contributed by atoms with van der Waals surface area (Å²) in [5, 5.41) is 15.2. The second-order valence-corrected chi connectivity index (χ2v) is 2.17. The largest absolute Gasteiger partial charge is 0.396 e. The SMILES string of the molecule is C[C@@H]([CH]CCO)CC=N. The van der Waals surface area contributed by atoms with Crippen molar-refractivity contribution in [3.8, 4) is 0 Å². The van der Waals surface area contributed by atoms with Crippen molar-refractivity contribution in [2.75, 3.05) is 6.61 Å². The molecule has 1 atom stereocenters. The van der Waals surface area contributed by atoms with Crippen LogP contribution in [0.4, 0.5) is 0 Å². The molecule has 0 rings (SSSR count). The van der Waals surface area contributed by atoms with Crippen molar-refractivity contribution < 1.29 is 5.11 Å². The minimum absolute atomic E-state index is 0.225. The molecule has 2 heteroatoms. The van der Waals surface area contributed by atoms with Gasteiger partial charge in [-0.1, -0.05) is 6.92 Å². The number of aliphatic hydroxyl groups excluding tert-OH is 1. The molecule has 0 aliphatic heterocycles. The monoisotopic (exact) mass is 128 g/mol. The molecule has 0 spiro atoms. The molecule has 0 fully saturated rings. The van der Waals surface area contributed by atoms with Gasteiger partial charge in [0.05, 0.1) is 0 Å². The summed E-state index contributed by atoms with van der Waals surface area (Å²) in [4.78, 5) is 0. The Morgan fingerprint density at radius 2 is 2.33 bits per heavy atom. The summed E-state index contributed by atoms with van der Waals surface area (Å²) < 4.78 is 0. The van der Waals surface area contributed by atoms with Crippen LogP contribution in [-0.2, 0) is 0 Å². The highest BCUT2D eigenvalue weighted by atomic mass is 16.2. The lowest BCUT2D eigenvalue weighted by Gasteiger charge is -2.03. The molecular weight excluding hydrogens is 114 g/mol. The second kappa shape index (κ2) is 5.76. The van der Waals surface area contributed by atoms with Crippen molar-refractivity contribution in [2.45, 2.75) is 19.8 Å². The number of hydrogen-bond donors (Lipinski definition) is 2. The molecule has 2 nitrogen and oxygen atoms in total. The van der Waals surface area contributed by atoms with Crippen LogP contribution in [0, 0.1) is 17.7 Å². The molecule has 0 saturated heterocycles. The Labute approximate surface area is 56.4 Å². The average molecular weight is 128 g/mol. The lowest BCUT2D eigenvalue weighted by molar-refractivity contribution is 0.293. The van der Waals surface area contributed by atoms with Gasteiger partial charge in [0, 0.05) is 6.61 Å². The van der Waals surface area contributed by atoms with E-state index in [0.29, 0.717) is 5.92 Å². The van der Waals surface area contributed by atoms with Gasteiger partial charge in [-0.25, -0.2) is 0 Å². The van der Waals surface area contributed by atoms with Gasteiger partial charge >= 0.3 is 0 Å². The average Bonchev–Trinajstić information content (AvgIpc) is 1.85. The van der Waals surface area contributed by atoms with Crippen LogP contribution in [0.5, 0.6) is 0 Å². The predicted octanol–water partition coefficient (Wildman–Crippen LogP) is 1.25. The van der Waals surface area contributed by atoms with Crippen LogP contribution < -0.4 is 0 Å². The molecule has 0 aromatic heterocycles. The van der Waals surface area contributed by atoms with E-state index in [9.17, 15) is 0 Å². The zero-order valence-corrected chi connectivity index (χ0v) is 5.80. The molecule has 2 N–H and O–H groups in total. The quantitative estimate of drug-likeness (QED) is 0.538. The van der Waals surface area contributed by atoms with E-state index in [1.807, 2.05) is 13.3 Å². The fraction of sp³-hybridized carbons (Fsp3) is 0.714. The first kappa shape index (κ1) is 8.63. The summed E-state index contributed by atoms with van der Waals surface area (Å²) in [5.74, 6) is 0.439. The summed E-state index contributed by atoms with van der Waals surface area (Å²) in [6.07, 6.45) is 4.97. The number of aliphatic hydroxyl groups is 1. The molecule has 53 valence electrons. The standard InChI is InChI=1S/C7H14NO/c1-7(4-5-8)3-2-6-9/h3,5,7-9H,2,4,6H2,1H3/t7-/m0/s1. The summed E-state index contributed by atoms with van der Waals surface area (Å²) in [5.41, 5.74) is 0. The fourth-order valence-electron chi connectivity index (χ4n) is 0.641. The van der Waals surface area contributed by atoms with Gasteiger partial charge in [0.1, 0.15) is 0 Å². The van der Waals surface area contributed by atoms with Gasteiger partial charge in [-0.2, -0.15) is 0 Å². The van der Waals surface area contributed by atoms with Gasteiger partial charge in [0.25, 0.3) is 0 Å². The van der Waals surface area contributed by atoms with Crippen molar-refractivity contribution in [2.24, 2.45) is 5.92 Å². The normalized spacial score (nSPS) is 13.1. The Morgan fingerprint density at radius 1 is 1.67 bits per heavy atom. The van der Waals surface area contributed by atoms with Gasteiger partial charge in [-0.15, -0.1) is 0 Å². The Morgan fingerprint density at radius 3 is 2.78 bits per heavy atom. The van der Waals surface area contributed by atoms with E-state index in [-0.39, 0.29) is 6.61 Å². The van der Waals surface area contributed by atoms with Gasteiger partial charge in [-0.3, -0.25) is 0 Å². The molecule has 0 aliphatic carbocycles. The van der Waals surface area contributed by atoms with Crippen LogP contribution in [0.15, 0.2) is 0 Å². The third-order valence-corrected chi connectivity index (χ3v) is 1.19. The van der Waals surface area contributed by atoms with Gasteiger partial charge in [0.2, 0.25) is 0 Å². The lowest BCUT2D eigenvalue weighted by atomic mass is 10.0. The Bertz CT molecular complexity index is 73.3. The highest BCUT2D eigenvalue weighted by molar-refractivity contribution is 5.53. The zero-order chi connectivity index (χ0) is 7.11. The molecule has 9 heavy (non-hydrogen) atoms. The van der Waals surface area contributed by atoms with Crippen LogP contribution in [0.1, 0.15) is 19.8 Å². The summed E-state index contributed by atoms with van der Waals surface area (Å²) in [6.45, 7) is 2.27. The highest BCUT2D eigenvalue weighted by Gasteiger charge is 1.97. The molecule has 0 aromatic rings. The molecule has 0 unspecified atom stereocenters. The van der Waals surface area contributed by atoms with E-state index >= 15 is 0 Å². The molecule has 0 amide bonds. The van der Waals surface area contributed by atoms with Crippen molar-refractivity contribution in [3.63, 3.8) is 0 Å². The van der Waals surface area contributed by atoms with E-state index in [4.69, 9.17) is 10.5 Å². The van der Waals surface area contributed by atoms with E-state index < -0.39 is 0 Å². The van der Waals surface area contributed by atoms with Crippen molar-refractivity contribution in [1.82, 2.24) is 0 Å². The van der Waals surface area contributed by atoms with Crippen LogP contribution in [-0.4, -0.2) is 17.9 Å². The van der Waals surface area contributed by atoms with Gasteiger partial charge in [-0.05, 0) is 31.4 Å². The van der Waals surface area contributed by atoms with Crippen LogP contribution in [0.3, 0.4) is 0 Å². The first-order valence-corrected chi connectivity index (χ1v) is 3.24. The van der Waals surface area contributed by atoms with Gasteiger partial charge < -0.3 is 10.5 Å².